The zero-order chi connectivity index (χ0) is 21.7. The monoisotopic (exact) mass is 431 g/mol. The summed E-state index contributed by atoms with van der Waals surface area (Å²) in [6, 6.07) is 10.0. The van der Waals surface area contributed by atoms with Crippen LogP contribution >= 0.6 is 12.2 Å². The molecule has 4 aromatic heterocycles. The SMILES string of the molecule is COc1cc2c(cc1-c1c(C)noc1C)ncc1[nH]c(=S)n(Cc3cccc(C)n3)c12. The van der Waals surface area contributed by atoms with Crippen LogP contribution in [0.4, 0.5) is 0 Å². The van der Waals surface area contributed by atoms with Crippen molar-refractivity contribution in [3.8, 4) is 16.9 Å². The number of hydrogen-bond donors (Lipinski definition) is 1. The van der Waals surface area contributed by atoms with E-state index in [0.29, 0.717) is 11.3 Å². The third kappa shape index (κ3) is 3.19. The largest absolute Gasteiger partial charge is 0.496 e. The van der Waals surface area contributed by atoms with Crippen molar-refractivity contribution in [1.29, 1.82) is 0 Å². The van der Waals surface area contributed by atoms with Crippen LogP contribution in [0, 0.1) is 25.5 Å². The maximum atomic E-state index is 5.76. The van der Waals surface area contributed by atoms with Crippen molar-refractivity contribution in [3.05, 3.63) is 64.1 Å². The quantitative estimate of drug-likeness (QED) is 0.390. The zero-order valence-corrected chi connectivity index (χ0v) is 18.5. The Kier molecular flexibility index (Phi) is 4.59. The summed E-state index contributed by atoms with van der Waals surface area (Å²) in [7, 11) is 1.66. The van der Waals surface area contributed by atoms with Gasteiger partial charge in [-0.2, -0.15) is 0 Å². The van der Waals surface area contributed by atoms with Gasteiger partial charge in [0.25, 0.3) is 0 Å². The summed E-state index contributed by atoms with van der Waals surface area (Å²) in [6.07, 6.45) is 1.82. The number of imidazole rings is 1. The molecule has 0 unspecified atom stereocenters. The summed E-state index contributed by atoms with van der Waals surface area (Å²) in [5, 5.41) is 5.04. The van der Waals surface area contributed by atoms with Crippen molar-refractivity contribution in [2.75, 3.05) is 7.11 Å². The summed E-state index contributed by atoms with van der Waals surface area (Å²) in [6.45, 7) is 6.37. The fourth-order valence-corrected chi connectivity index (χ4v) is 4.37. The van der Waals surface area contributed by atoms with Gasteiger partial charge in [0.05, 0.1) is 53.4 Å². The molecular formula is C23H21N5O2S. The topological polar surface area (TPSA) is 81.8 Å². The van der Waals surface area contributed by atoms with Gasteiger partial charge in [0.15, 0.2) is 4.77 Å². The lowest BCUT2D eigenvalue weighted by Gasteiger charge is -2.12. The molecule has 5 aromatic rings. The van der Waals surface area contributed by atoms with E-state index >= 15 is 0 Å². The Morgan fingerprint density at radius 1 is 1.19 bits per heavy atom. The molecule has 0 amide bonds. The highest BCUT2D eigenvalue weighted by molar-refractivity contribution is 7.71. The highest BCUT2D eigenvalue weighted by atomic mass is 32.1. The zero-order valence-electron chi connectivity index (χ0n) is 17.7. The molecule has 156 valence electrons. The molecule has 8 heteroatoms. The van der Waals surface area contributed by atoms with Gasteiger partial charge in [-0.25, -0.2) is 0 Å². The second-order valence-corrected chi connectivity index (χ2v) is 7.96. The summed E-state index contributed by atoms with van der Waals surface area (Å²) >= 11 is 5.63. The van der Waals surface area contributed by atoms with Crippen LogP contribution in [0.15, 0.2) is 41.1 Å². The average molecular weight is 432 g/mol. The number of nitrogens with one attached hydrogen (secondary N) is 1. The first-order valence-corrected chi connectivity index (χ1v) is 10.3. The lowest BCUT2D eigenvalue weighted by Crippen LogP contribution is -2.03. The summed E-state index contributed by atoms with van der Waals surface area (Å²) in [5.74, 6) is 1.47. The van der Waals surface area contributed by atoms with Crippen LogP contribution in [-0.4, -0.2) is 31.8 Å². The molecule has 0 aliphatic heterocycles. The van der Waals surface area contributed by atoms with Gasteiger partial charge in [-0.3, -0.25) is 9.97 Å². The Morgan fingerprint density at radius 3 is 2.74 bits per heavy atom. The van der Waals surface area contributed by atoms with Gasteiger partial charge in [-0.05, 0) is 57.3 Å². The van der Waals surface area contributed by atoms with E-state index < -0.39 is 0 Å². The smallest absolute Gasteiger partial charge is 0.178 e. The molecule has 0 saturated heterocycles. The van der Waals surface area contributed by atoms with Crippen molar-refractivity contribution in [2.24, 2.45) is 0 Å². The Balaban J connectivity index is 1.77. The molecule has 0 spiro atoms. The van der Waals surface area contributed by atoms with Crippen LogP contribution < -0.4 is 4.74 Å². The number of hydrogen-bond acceptors (Lipinski definition) is 6. The van der Waals surface area contributed by atoms with Gasteiger partial charge in [-0.15, -0.1) is 0 Å². The number of benzene rings is 1. The van der Waals surface area contributed by atoms with Gasteiger partial charge >= 0.3 is 0 Å². The number of ether oxygens (including phenoxy) is 1. The highest BCUT2D eigenvalue weighted by Gasteiger charge is 2.19. The lowest BCUT2D eigenvalue weighted by molar-refractivity contribution is 0.393. The molecule has 0 fully saturated rings. The number of H-pyrrole nitrogens is 1. The average Bonchev–Trinajstić information content (AvgIpc) is 3.25. The number of methoxy groups -OCH3 is 1. The standard InChI is InChI=1S/C23H21N5O2S/c1-12-6-5-7-15(25-12)11-28-22-16-9-20(29-4)17(21-13(2)27-30-14(21)3)8-18(16)24-10-19(22)26-23(28)31/h5-10H,11H2,1-4H3,(H,26,31). The number of rotatable bonds is 4. The van der Waals surface area contributed by atoms with Crippen LogP contribution in [0.25, 0.3) is 33.1 Å². The molecular weight excluding hydrogens is 410 g/mol. The number of aromatic amines is 1. The molecule has 0 atom stereocenters. The number of aryl methyl sites for hydroxylation is 3. The van der Waals surface area contributed by atoms with Crippen molar-refractivity contribution < 1.29 is 9.26 Å². The van der Waals surface area contributed by atoms with Crippen molar-refractivity contribution >= 4 is 34.2 Å². The lowest BCUT2D eigenvalue weighted by atomic mass is 10.0. The van der Waals surface area contributed by atoms with Crippen LogP contribution in [0.3, 0.4) is 0 Å². The van der Waals surface area contributed by atoms with Crippen molar-refractivity contribution in [2.45, 2.75) is 27.3 Å². The van der Waals surface area contributed by atoms with Crippen molar-refractivity contribution in [1.82, 2.24) is 24.7 Å². The Hall–Kier alpha value is -3.52. The third-order valence-electron chi connectivity index (χ3n) is 5.49. The molecule has 1 N–H and O–H groups in total. The molecule has 7 nitrogen and oxygen atoms in total. The maximum Gasteiger partial charge on any atom is 0.178 e. The van der Waals surface area contributed by atoms with Gasteiger partial charge in [0.1, 0.15) is 11.5 Å². The van der Waals surface area contributed by atoms with E-state index in [9.17, 15) is 0 Å². The summed E-state index contributed by atoms with van der Waals surface area (Å²) in [4.78, 5) is 12.6. The predicted octanol–water partition coefficient (Wildman–Crippen LogP) is 5.28. The fraction of sp³-hybridized carbons (Fsp3) is 0.217. The van der Waals surface area contributed by atoms with E-state index in [1.807, 2.05) is 57.3 Å². The Morgan fingerprint density at radius 2 is 2.03 bits per heavy atom. The van der Waals surface area contributed by atoms with Gasteiger partial charge < -0.3 is 18.8 Å². The number of pyridine rings is 2. The fourth-order valence-electron chi connectivity index (χ4n) is 4.10. The molecule has 0 radical (unpaired) electrons. The van der Waals surface area contributed by atoms with E-state index in [1.54, 1.807) is 7.11 Å². The van der Waals surface area contributed by atoms with Crippen LogP contribution in [0.2, 0.25) is 0 Å². The van der Waals surface area contributed by atoms with Gasteiger partial charge in [0.2, 0.25) is 0 Å². The molecule has 4 heterocycles. The van der Waals surface area contributed by atoms with Gasteiger partial charge in [-0.1, -0.05) is 11.2 Å². The molecule has 0 aliphatic carbocycles. The highest BCUT2D eigenvalue weighted by Crippen LogP contribution is 2.38. The minimum absolute atomic E-state index is 0.563. The number of fused-ring (bicyclic) bond motifs is 3. The van der Waals surface area contributed by atoms with Crippen molar-refractivity contribution in [3.63, 3.8) is 0 Å². The molecule has 31 heavy (non-hydrogen) atoms. The van der Waals surface area contributed by atoms with E-state index in [4.69, 9.17) is 21.5 Å². The predicted molar refractivity (Wildman–Crippen MR) is 122 cm³/mol. The first-order chi connectivity index (χ1) is 15.0. The molecule has 5 rings (SSSR count). The second-order valence-electron chi connectivity index (χ2n) is 7.58. The first-order valence-electron chi connectivity index (χ1n) is 9.91. The van der Waals surface area contributed by atoms with Crippen LogP contribution in [0.1, 0.15) is 22.8 Å². The minimum Gasteiger partial charge on any atom is -0.496 e. The number of nitrogens with zero attached hydrogens (tertiary/aromatic N) is 4. The van der Waals surface area contributed by atoms with E-state index in [0.717, 1.165) is 61.7 Å². The normalized spacial score (nSPS) is 11.5. The number of aromatic nitrogens is 5. The minimum atomic E-state index is 0.563. The molecule has 0 bridgehead atoms. The van der Waals surface area contributed by atoms with Crippen LogP contribution in [0.5, 0.6) is 5.75 Å². The maximum absolute atomic E-state index is 5.76. The molecule has 1 aromatic carbocycles. The van der Waals surface area contributed by atoms with E-state index in [-0.39, 0.29) is 0 Å². The Labute approximate surface area is 183 Å². The summed E-state index contributed by atoms with van der Waals surface area (Å²) in [5.41, 5.74) is 7.24. The Bertz CT molecular complexity index is 1490. The molecule has 0 aliphatic rings. The first kappa shape index (κ1) is 19.4. The van der Waals surface area contributed by atoms with E-state index in [1.165, 1.54) is 0 Å². The van der Waals surface area contributed by atoms with E-state index in [2.05, 4.69) is 24.7 Å². The second kappa shape index (κ2) is 7.31. The van der Waals surface area contributed by atoms with Crippen LogP contribution in [-0.2, 0) is 6.54 Å². The van der Waals surface area contributed by atoms with Gasteiger partial charge in [0, 0.05) is 16.6 Å². The summed E-state index contributed by atoms with van der Waals surface area (Å²) < 4.78 is 13.8. The third-order valence-corrected chi connectivity index (χ3v) is 5.81. The molecule has 0 saturated carbocycles.